The van der Waals surface area contributed by atoms with Crippen molar-refractivity contribution in [1.82, 2.24) is 15.0 Å². The first-order valence-corrected chi connectivity index (χ1v) is 7.78. The molecule has 0 aliphatic carbocycles. The number of nitrogens with two attached hydrogens (primary N) is 1. The molecule has 4 aromatic rings. The molecule has 0 fully saturated rings. The van der Waals surface area contributed by atoms with E-state index in [1.807, 2.05) is 24.3 Å². The predicted octanol–water partition coefficient (Wildman–Crippen LogP) is 3.71. The average molecular weight is 320 g/mol. The van der Waals surface area contributed by atoms with E-state index < -0.39 is 0 Å². The van der Waals surface area contributed by atoms with Crippen LogP contribution in [0.5, 0.6) is 5.75 Å². The first kappa shape index (κ1) is 13.7. The van der Waals surface area contributed by atoms with Gasteiger partial charge < -0.3 is 10.8 Å². The minimum atomic E-state index is 0.247. The van der Waals surface area contributed by atoms with Gasteiger partial charge in [0.05, 0.1) is 15.9 Å². The maximum Gasteiger partial charge on any atom is 0.126 e. The summed E-state index contributed by atoms with van der Waals surface area (Å²) in [5.74, 6) is 0.736. The van der Waals surface area contributed by atoms with Crippen LogP contribution in [0.3, 0.4) is 0 Å². The lowest BCUT2D eigenvalue weighted by molar-refractivity contribution is 0.476. The highest BCUT2D eigenvalue weighted by Gasteiger charge is 2.08. The second-order valence-electron chi connectivity index (χ2n) is 5.07. The fourth-order valence-corrected chi connectivity index (χ4v) is 3.27. The summed E-state index contributed by atoms with van der Waals surface area (Å²) >= 11 is 1.53. The van der Waals surface area contributed by atoms with Crippen LogP contribution >= 0.6 is 11.3 Å². The van der Waals surface area contributed by atoms with Gasteiger partial charge in [-0.1, -0.05) is 0 Å². The molecule has 112 valence electrons. The Kier molecular flexibility index (Phi) is 3.17. The average Bonchev–Trinajstić information content (AvgIpc) is 2.99. The van der Waals surface area contributed by atoms with Gasteiger partial charge in [-0.2, -0.15) is 0 Å². The molecule has 0 unspecified atom stereocenters. The molecule has 3 aromatic heterocycles. The highest BCUT2D eigenvalue weighted by atomic mass is 32.1. The van der Waals surface area contributed by atoms with Crippen molar-refractivity contribution in [3.8, 4) is 27.6 Å². The van der Waals surface area contributed by atoms with Gasteiger partial charge in [-0.05, 0) is 42.5 Å². The Balaban J connectivity index is 1.70. The van der Waals surface area contributed by atoms with Gasteiger partial charge >= 0.3 is 0 Å². The third kappa shape index (κ3) is 2.60. The summed E-state index contributed by atoms with van der Waals surface area (Å²) in [4.78, 5) is 13.1. The summed E-state index contributed by atoms with van der Waals surface area (Å²) in [5, 5.41) is 10.4. The molecular formula is C17H12N4OS. The van der Waals surface area contributed by atoms with Gasteiger partial charge in [0, 0.05) is 23.5 Å². The second kappa shape index (κ2) is 5.33. The number of aromatic nitrogens is 3. The van der Waals surface area contributed by atoms with Gasteiger partial charge in [0.25, 0.3) is 0 Å². The zero-order valence-corrected chi connectivity index (χ0v) is 12.8. The number of hydrogen-bond donors (Lipinski definition) is 2. The fraction of sp³-hybridized carbons (Fsp3) is 0. The van der Waals surface area contributed by atoms with Crippen LogP contribution in [0.15, 0.2) is 54.9 Å². The van der Waals surface area contributed by atoms with Crippen LogP contribution in [0.2, 0.25) is 0 Å². The van der Waals surface area contributed by atoms with Crippen LogP contribution in [0.1, 0.15) is 0 Å². The van der Waals surface area contributed by atoms with Gasteiger partial charge in [-0.25, -0.2) is 9.97 Å². The number of hydrogen-bond acceptors (Lipinski definition) is 6. The second-order valence-corrected chi connectivity index (χ2v) is 6.11. The molecular weight excluding hydrogens is 308 g/mol. The molecule has 3 heterocycles. The van der Waals surface area contributed by atoms with Crippen LogP contribution in [-0.4, -0.2) is 20.1 Å². The minimum absolute atomic E-state index is 0.247. The maximum absolute atomic E-state index is 9.54. The number of fused-ring (bicyclic) bond motifs is 1. The smallest absolute Gasteiger partial charge is 0.126 e. The Morgan fingerprint density at radius 3 is 2.48 bits per heavy atom. The van der Waals surface area contributed by atoms with Crippen LogP contribution in [-0.2, 0) is 0 Å². The molecule has 0 saturated heterocycles. The number of nitrogen functional groups attached to an aromatic ring is 1. The quantitative estimate of drug-likeness (QED) is 0.588. The van der Waals surface area contributed by atoms with E-state index >= 15 is 0 Å². The molecule has 6 heteroatoms. The highest BCUT2D eigenvalue weighted by Crippen LogP contribution is 2.32. The summed E-state index contributed by atoms with van der Waals surface area (Å²) in [6.07, 6.45) is 3.50. The van der Waals surface area contributed by atoms with Crippen molar-refractivity contribution >= 4 is 27.4 Å². The normalized spacial score (nSPS) is 11.0. The Morgan fingerprint density at radius 1 is 0.913 bits per heavy atom. The summed E-state index contributed by atoms with van der Waals surface area (Å²) < 4.78 is 0.951. The molecule has 5 nitrogen and oxygen atoms in total. The van der Waals surface area contributed by atoms with Gasteiger partial charge in [0.1, 0.15) is 16.6 Å². The zero-order chi connectivity index (χ0) is 15.8. The van der Waals surface area contributed by atoms with E-state index in [0.29, 0.717) is 5.82 Å². The van der Waals surface area contributed by atoms with Crippen molar-refractivity contribution in [2.24, 2.45) is 0 Å². The molecule has 3 N–H and O–H groups in total. The zero-order valence-electron chi connectivity index (χ0n) is 12.0. The summed E-state index contributed by atoms with van der Waals surface area (Å²) in [6.45, 7) is 0. The van der Waals surface area contributed by atoms with E-state index in [9.17, 15) is 5.11 Å². The predicted molar refractivity (Wildman–Crippen MR) is 92.2 cm³/mol. The van der Waals surface area contributed by atoms with E-state index in [4.69, 9.17) is 5.73 Å². The third-order valence-corrected chi connectivity index (χ3v) is 4.53. The van der Waals surface area contributed by atoms with E-state index in [0.717, 1.165) is 32.0 Å². The third-order valence-electron chi connectivity index (χ3n) is 3.46. The highest BCUT2D eigenvalue weighted by molar-refractivity contribution is 7.21. The molecule has 23 heavy (non-hydrogen) atoms. The van der Waals surface area contributed by atoms with E-state index in [2.05, 4.69) is 15.0 Å². The number of benzene rings is 1. The van der Waals surface area contributed by atoms with Gasteiger partial charge in [0.2, 0.25) is 0 Å². The van der Waals surface area contributed by atoms with Gasteiger partial charge in [0.15, 0.2) is 0 Å². The summed E-state index contributed by atoms with van der Waals surface area (Å²) in [7, 11) is 0. The molecule has 0 saturated carbocycles. The number of nitrogens with zero attached hydrogens (tertiary/aromatic N) is 3. The molecule has 4 rings (SSSR count). The number of phenolic OH excluding ortho intramolecular Hbond substituents is 1. The van der Waals surface area contributed by atoms with Crippen LogP contribution in [0, 0.1) is 0 Å². The molecule has 0 amide bonds. The maximum atomic E-state index is 9.54. The number of aromatic hydroxyl groups is 1. The molecule has 0 aliphatic rings. The molecule has 1 aromatic carbocycles. The van der Waals surface area contributed by atoms with Crippen molar-refractivity contribution in [3.05, 3.63) is 54.9 Å². The summed E-state index contributed by atoms with van der Waals surface area (Å²) in [6, 6.07) is 12.7. The lowest BCUT2D eigenvalue weighted by Gasteiger charge is -2.02. The number of thiazole rings is 1. The Labute approximate surface area is 136 Å². The first-order valence-electron chi connectivity index (χ1n) is 6.97. The minimum Gasteiger partial charge on any atom is -0.508 e. The van der Waals surface area contributed by atoms with Crippen LogP contribution in [0.4, 0.5) is 5.82 Å². The van der Waals surface area contributed by atoms with Gasteiger partial charge in [-0.15, -0.1) is 11.3 Å². The Morgan fingerprint density at radius 2 is 1.74 bits per heavy atom. The molecule has 0 atom stereocenters. The monoisotopic (exact) mass is 320 g/mol. The number of pyridine rings is 2. The first-order chi connectivity index (χ1) is 11.2. The lowest BCUT2D eigenvalue weighted by atomic mass is 10.1. The Bertz CT molecular complexity index is 978. The standard InChI is InChI=1S/C17H12N4OS/c18-16-6-2-10(8-20-16)13-4-1-11(9-19-13)17-21-14-5-3-12(22)7-15(14)23-17/h1-9,22H,(H2,18,20). The molecule has 0 radical (unpaired) electrons. The van der Waals surface area contributed by atoms with Crippen molar-refractivity contribution in [2.75, 3.05) is 5.73 Å². The Hall–Kier alpha value is -2.99. The molecule has 0 spiro atoms. The van der Waals surface area contributed by atoms with E-state index in [1.165, 1.54) is 11.3 Å². The van der Waals surface area contributed by atoms with Crippen molar-refractivity contribution in [3.63, 3.8) is 0 Å². The SMILES string of the molecule is Nc1ccc(-c2ccc(-c3nc4ccc(O)cc4s3)cn2)cn1. The molecule has 0 bridgehead atoms. The van der Waals surface area contributed by atoms with Crippen molar-refractivity contribution in [2.45, 2.75) is 0 Å². The largest absolute Gasteiger partial charge is 0.508 e. The van der Waals surface area contributed by atoms with Gasteiger partial charge in [-0.3, -0.25) is 4.98 Å². The van der Waals surface area contributed by atoms with E-state index in [1.54, 1.807) is 30.6 Å². The van der Waals surface area contributed by atoms with Crippen molar-refractivity contribution < 1.29 is 5.11 Å². The summed E-state index contributed by atoms with van der Waals surface area (Å²) in [5.41, 5.74) is 9.16. The number of phenols is 1. The number of anilines is 1. The topological polar surface area (TPSA) is 84.9 Å². The van der Waals surface area contributed by atoms with E-state index in [-0.39, 0.29) is 5.75 Å². The van der Waals surface area contributed by atoms with Crippen LogP contribution in [0.25, 0.3) is 32.0 Å². The lowest BCUT2D eigenvalue weighted by Crippen LogP contribution is -1.90. The van der Waals surface area contributed by atoms with Crippen molar-refractivity contribution in [1.29, 1.82) is 0 Å². The van der Waals surface area contributed by atoms with Crippen LogP contribution < -0.4 is 5.73 Å². The fourth-order valence-electron chi connectivity index (χ4n) is 2.28. The number of rotatable bonds is 2. The molecule has 0 aliphatic heterocycles.